The maximum atomic E-state index is 13.1. The molecule has 0 amide bonds. The van der Waals surface area contributed by atoms with E-state index >= 15 is 0 Å². The van der Waals surface area contributed by atoms with Crippen LogP contribution >= 0.6 is 0 Å². The number of aromatic nitrogens is 3. The predicted octanol–water partition coefficient (Wildman–Crippen LogP) is 2.81. The molecular weight excluding hydrogens is 299 g/mol. The third-order valence-corrected chi connectivity index (χ3v) is 2.82. The maximum Gasteiger partial charge on any atom is 0.435 e. The van der Waals surface area contributed by atoms with Crippen LogP contribution in [0, 0.1) is 5.92 Å². The highest BCUT2D eigenvalue weighted by Gasteiger charge is 2.39. The van der Waals surface area contributed by atoms with Gasteiger partial charge in [0, 0.05) is 0 Å². The van der Waals surface area contributed by atoms with Crippen LogP contribution in [0.3, 0.4) is 0 Å². The summed E-state index contributed by atoms with van der Waals surface area (Å²) in [4.78, 5) is 0. The van der Waals surface area contributed by atoms with E-state index in [4.69, 9.17) is 9.84 Å². The number of benzene rings is 1. The first kappa shape index (κ1) is 16.3. The Balaban J connectivity index is 2.31. The summed E-state index contributed by atoms with van der Waals surface area (Å²) < 4.78 is 45.3. The molecule has 0 unspecified atom stereocenters. The van der Waals surface area contributed by atoms with Gasteiger partial charge in [-0.3, -0.25) is 0 Å². The monoisotopic (exact) mass is 315 g/mol. The molecule has 8 heteroatoms. The molecule has 0 aliphatic heterocycles. The SMILES string of the molecule is CC(C)COc1ccc(-n2nnc(CO)c2C(F)(F)F)cc1. The minimum Gasteiger partial charge on any atom is -0.493 e. The average molecular weight is 315 g/mol. The number of halogens is 3. The van der Waals surface area contributed by atoms with Crippen LogP contribution in [-0.4, -0.2) is 26.7 Å². The van der Waals surface area contributed by atoms with E-state index in [1.54, 1.807) is 12.1 Å². The molecule has 0 bridgehead atoms. The molecule has 1 aromatic heterocycles. The van der Waals surface area contributed by atoms with Crippen LogP contribution in [0.2, 0.25) is 0 Å². The molecule has 2 rings (SSSR count). The molecule has 0 saturated heterocycles. The van der Waals surface area contributed by atoms with Crippen molar-refractivity contribution in [3.63, 3.8) is 0 Å². The Hall–Kier alpha value is -2.09. The van der Waals surface area contributed by atoms with Gasteiger partial charge in [-0.05, 0) is 30.2 Å². The number of alkyl halides is 3. The topological polar surface area (TPSA) is 60.2 Å². The third kappa shape index (κ3) is 3.56. The van der Waals surface area contributed by atoms with Crippen molar-refractivity contribution in [2.75, 3.05) is 6.61 Å². The van der Waals surface area contributed by atoms with Gasteiger partial charge in [0.1, 0.15) is 11.4 Å². The van der Waals surface area contributed by atoms with Gasteiger partial charge in [0.15, 0.2) is 5.69 Å². The lowest BCUT2D eigenvalue weighted by atomic mass is 10.2. The second-order valence-electron chi connectivity index (χ2n) is 5.15. The molecule has 2 aromatic rings. The van der Waals surface area contributed by atoms with Gasteiger partial charge in [0.2, 0.25) is 0 Å². The second-order valence-corrected chi connectivity index (χ2v) is 5.15. The van der Waals surface area contributed by atoms with Crippen LogP contribution in [0.15, 0.2) is 24.3 Å². The Kier molecular flexibility index (Phi) is 4.70. The van der Waals surface area contributed by atoms with E-state index in [1.165, 1.54) is 12.1 Å². The molecule has 1 N–H and O–H groups in total. The molecule has 22 heavy (non-hydrogen) atoms. The normalized spacial score (nSPS) is 12.0. The van der Waals surface area contributed by atoms with Crippen molar-refractivity contribution in [1.82, 2.24) is 15.0 Å². The highest BCUT2D eigenvalue weighted by Crippen LogP contribution is 2.32. The van der Waals surface area contributed by atoms with Crippen molar-refractivity contribution < 1.29 is 23.0 Å². The fraction of sp³-hybridized carbons (Fsp3) is 0.429. The van der Waals surface area contributed by atoms with Crippen LogP contribution in [0.25, 0.3) is 5.69 Å². The van der Waals surface area contributed by atoms with E-state index < -0.39 is 24.2 Å². The van der Waals surface area contributed by atoms with Crippen molar-refractivity contribution in [1.29, 1.82) is 0 Å². The molecule has 0 aliphatic rings. The molecule has 0 atom stereocenters. The first-order chi connectivity index (χ1) is 10.3. The van der Waals surface area contributed by atoms with Gasteiger partial charge in [0.25, 0.3) is 0 Å². The van der Waals surface area contributed by atoms with E-state index in [1.807, 2.05) is 13.8 Å². The van der Waals surface area contributed by atoms with Crippen LogP contribution < -0.4 is 4.74 Å². The summed E-state index contributed by atoms with van der Waals surface area (Å²) in [5.41, 5.74) is -1.39. The van der Waals surface area contributed by atoms with E-state index in [2.05, 4.69) is 10.3 Å². The van der Waals surface area contributed by atoms with Gasteiger partial charge >= 0.3 is 6.18 Å². The van der Waals surface area contributed by atoms with E-state index in [0.29, 0.717) is 23.0 Å². The van der Waals surface area contributed by atoms with Crippen molar-refractivity contribution in [2.24, 2.45) is 5.92 Å². The summed E-state index contributed by atoms with van der Waals surface area (Å²) in [6, 6.07) is 6.05. The van der Waals surface area contributed by atoms with Crippen LogP contribution in [-0.2, 0) is 12.8 Å². The number of nitrogens with zero attached hydrogens (tertiary/aromatic N) is 3. The smallest absolute Gasteiger partial charge is 0.435 e. The number of hydrogen-bond donors (Lipinski definition) is 1. The van der Waals surface area contributed by atoms with Gasteiger partial charge in [0.05, 0.1) is 18.9 Å². The molecule has 120 valence electrons. The summed E-state index contributed by atoms with van der Waals surface area (Å²) >= 11 is 0. The number of aliphatic hydroxyl groups is 1. The molecule has 0 spiro atoms. The molecule has 0 aliphatic carbocycles. The van der Waals surface area contributed by atoms with Gasteiger partial charge in [-0.25, -0.2) is 4.68 Å². The number of ether oxygens (including phenoxy) is 1. The number of hydrogen-bond acceptors (Lipinski definition) is 4. The number of rotatable bonds is 5. The fourth-order valence-electron chi connectivity index (χ4n) is 1.83. The lowest BCUT2D eigenvalue weighted by Crippen LogP contribution is -2.15. The zero-order valence-electron chi connectivity index (χ0n) is 12.1. The summed E-state index contributed by atoms with van der Waals surface area (Å²) in [6.07, 6.45) is -4.66. The molecule has 0 saturated carbocycles. The van der Waals surface area contributed by atoms with Crippen molar-refractivity contribution >= 4 is 0 Å². The molecule has 0 fully saturated rings. The Morgan fingerprint density at radius 3 is 2.36 bits per heavy atom. The molecule has 0 radical (unpaired) electrons. The Morgan fingerprint density at radius 2 is 1.86 bits per heavy atom. The lowest BCUT2D eigenvalue weighted by molar-refractivity contribution is -0.143. The summed E-state index contributed by atoms with van der Waals surface area (Å²) in [6.45, 7) is 3.68. The molecule has 1 aromatic carbocycles. The van der Waals surface area contributed by atoms with Crippen molar-refractivity contribution in [2.45, 2.75) is 26.6 Å². The first-order valence-electron chi connectivity index (χ1n) is 6.68. The lowest BCUT2D eigenvalue weighted by Gasteiger charge is -2.12. The highest BCUT2D eigenvalue weighted by molar-refractivity contribution is 5.39. The van der Waals surface area contributed by atoms with E-state index in [0.717, 1.165) is 0 Å². The van der Waals surface area contributed by atoms with Gasteiger partial charge in [-0.15, -0.1) is 5.10 Å². The van der Waals surface area contributed by atoms with E-state index in [-0.39, 0.29) is 5.69 Å². The third-order valence-electron chi connectivity index (χ3n) is 2.82. The van der Waals surface area contributed by atoms with Gasteiger partial charge < -0.3 is 9.84 Å². The van der Waals surface area contributed by atoms with Crippen LogP contribution in [0.5, 0.6) is 5.75 Å². The standard InChI is InChI=1S/C14H16F3N3O2/c1-9(2)8-22-11-5-3-10(4-6-11)20-13(14(15,16)17)12(7-21)18-19-20/h3-6,9,21H,7-8H2,1-2H3. The zero-order chi connectivity index (χ0) is 16.3. The molecule has 1 heterocycles. The Morgan fingerprint density at radius 1 is 1.23 bits per heavy atom. The van der Waals surface area contributed by atoms with Crippen LogP contribution in [0.4, 0.5) is 13.2 Å². The van der Waals surface area contributed by atoms with E-state index in [9.17, 15) is 13.2 Å². The minimum atomic E-state index is -4.66. The van der Waals surface area contributed by atoms with Gasteiger partial charge in [-0.2, -0.15) is 13.2 Å². The van der Waals surface area contributed by atoms with Crippen molar-refractivity contribution in [3.05, 3.63) is 35.7 Å². The summed E-state index contributed by atoms with van der Waals surface area (Å²) in [7, 11) is 0. The maximum absolute atomic E-state index is 13.1. The quantitative estimate of drug-likeness (QED) is 0.922. The highest BCUT2D eigenvalue weighted by atomic mass is 19.4. The van der Waals surface area contributed by atoms with Crippen molar-refractivity contribution in [3.8, 4) is 11.4 Å². The minimum absolute atomic E-state index is 0.191. The average Bonchev–Trinajstić information content (AvgIpc) is 2.89. The Bertz CT molecular complexity index is 621. The Labute approximate surface area is 125 Å². The second kappa shape index (κ2) is 6.35. The fourth-order valence-corrected chi connectivity index (χ4v) is 1.83. The molecular formula is C14H16F3N3O2. The van der Waals surface area contributed by atoms with Gasteiger partial charge in [-0.1, -0.05) is 19.1 Å². The summed E-state index contributed by atoms with van der Waals surface area (Å²) in [5, 5.41) is 15.8. The zero-order valence-corrected chi connectivity index (χ0v) is 12.1. The number of aliphatic hydroxyl groups excluding tert-OH is 1. The summed E-state index contributed by atoms with van der Waals surface area (Å²) in [5.74, 6) is 0.910. The largest absolute Gasteiger partial charge is 0.493 e. The van der Waals surface area contributed by atoms with Crippen LogP contribution in [0.1, 0.15) is 25.2 Å². The first-order valence-corrected chi connectivity index (χ1v) is 6.68. The predicted molar refractivity (Wildman–Crippen MR) is 72.6 cm³/mol. The molecule has 5 nitrogen and oxygen atoms in total.